The zero-order valence-electron chi connectivity index (χ0n) is 18.5. The summed E-state index contributed by atoms with van der Waals surface area (Å²) in [6.45, 7) is 3.40. The molecule has 1 aromatic carbocycles. The van der Waals surface area contributed by atoms with Gasteiger partial charge in [0.15, 0.2) is 11.4 Å². The maximum atomic E-state index is 14.0. The van der Waals surface area contributed by atoms with Gasteiger partial charge in [-0.15, -0.1) is 0 Å². The molecule has 0 aliphatic heterocycles. The molecule has 0 radical (unpaired) electrons. The number of amides is 1. The molecule has 10 heteroatoms. The third-order valence-electron chi connectivity index (χ3n) is 5.31. The van der Waals surface area contributed by atoms with Gasteiger partial charge in [0.2, 0.25) is 0 Å². The van der Waals surface area contributed by atoms with Crippen LogP contribution in [0.3, 0.4) is 0 Å². The number of aromatic nitrogens is 4. The summed E-state index contributed by atoms with van der Waals surface area (Å²) in [5.41, 5.74) is 8.42. The number of carbonyl (C=O) groups excluding carboxylic acids is 1. The number of benzene rings is 1. The molecular weight excluding hydrogens is 430 g/mol. The van der Waals surface area contributed by atoms with Crippen molar-refractivity contribution in [1.29, 1.82) is 0 Å². The number of hydrogen-bond acceptors (Lipinski definition) is 5. The lowest BCUT2D eigenvalue weighted by molar-refractivity contribution is 0.0931. The van der Waals surface area contributed by atoms with Crippen LogP contribution in [0.1, 0.15) is 38.9 Å². The van der Waals surface area contributed by atoms with Crippen molar-refractivity contribution in [3.8, 4) is 5.75 Å². The summed E-state index contributed by atoms with van der Waals surface area (Å²) in [5, 5.41) is 7.05. The first-order chi connectivity index (χ1) is 15.8. The predicted molar refractivity (Wildman–Crippen MR) is 118 cm³/mol. The Balaban J connectivity index is 1.66. The lowest BCUT2D eigenvalue weighted by Gasteiger charge is -2.16. The third kappa shape index (κ3) is 4.42. The van der Waals surface area contributed by atoms with Crippen LogP contribution in [0.4, 0.5) is 8.78 Å². The highest BCUT2D eigenvalue weighted by Crippen LogP contribution is 2.26. The summed E-state index contributed by atoms with van der Waals surface area (Å²) < 4.78 is 37.0. The molecule has 0 bridgehead atoms. The number of halogens is 2. The number of carbonyl (C=O) groups is 1. The molecule has 0 saturated heterocycles. The van der Waals surface area contributed by atoms with Crippen LogP contribution in [0.25, 0.3) is 5.65 Å². The SMILES string of the molecule is Cc1cc(OCc2c(F)cccc2F)c2nc(C)c(C(=O)NC(CN)c3cnn(C)c3)n2c1. The normalized spacial score (nSPS) is 12.2. The number of ether oxygens (including phenoxy) is 1. The predicted octanol–water partition coefficient (Wildman–Crippen LogP) is 2.97. The lowest BCUT2D eigenvalue weighted by atomic mass is 10.1. The Bertz CT molecular complexity index is 1310. The van der Waals surface area contributed by atoms with E-state index in [2.05, 4.69) is 15.4 Å². The van der Waals surface area contributed by atoms with E-state index in [0.29, 0.717) is 22.8 Å². The largest absolute Gasteiger partial charge is 0.485 e. The number of rotatable bonds is 7. The van der Waals surface area contributed by atoms with Crippen LogP contribution in [-0.4, -0.2) is 31.6 Å². The molecule has 4 rings (SSSR count). The Hall–Kier alpha value is -3.79. The van der Waals surface area contributed by atoms with Crippen LogP contribution in [0, 0.1) is 25.5 Å². The van der Waals surface area contributed by atoms with Crippen molar-refractivity contribution in [2.24, 2.45) is 12.8 Å². The van der Waals surface area contributed by atoms with Crippen LogP contribution in [0.5, 0.6) is 5.75 Å². The molecule has 4 aromatic rings. The van der Waals surface area contributed by atoms with Crippen LogP contribution in [0.2, 0.25) is 0 Å². The number of nitrogens with one attached hydrogen (secondary N) is 1. The maximum absolute atomic E-state index is 14.0. The zero-order chi connectivity index (χ0) is 23.7. The molecule has 3 N–H and O–H groups in total. The lowest BCUT2D eigenvalue weighted by Crippen LogP contribution is -2.34. The van der Waals surface area contributed by atoms with Gasteiger partial charge in [0, 0.05) is 31.5 Å². The van der Waals surface area contributed by atoms with Crippen LogP contribution >= 0.6 is 0 Å². The summed E-state index contributed by atoms with van der Waals surface area (Å²) in [6, 6.07) is 4.92. The minimum atomic E-state index is -0.693. The quantitative estimate of drug-likeness (QED) is 0.447. The van der Waals surface area contributed by atoms with E-state index in [1.54, 1.807) is 47.7 Å². The first-order valence-corrected chi connectivity index (χ1v) is 10.3. The number of nitrogens with zero attached hydrogens (tertiary/aromatic N) is 4. The standard InChI is InChI=1S/C23H24F2N6O2/c1-13-7-20(33-12-16-17(24)5-4-6-18(16)25)22-28-14(2)21(31(22)10-13)23(32)29-19(8-26)15-9-27-30(3)11-15/h4-7,9-11,19H,8,12,26H2,1-3H3,(H,29,32). The zero-order valence-corrected chi connectivity index (χ0v) is 18.5. The second kappa shape index (κ2) is 8.99. The van der Waals surface area contributed by atoms with E-state index >= 15 is 0 Å². The summed E-state index contributed by atoms with van der Waals surface area (Å²) in [5.74, 6) is -1.44. The van der Waals surface area contributed by atoms with E-state index in [-0.39, 0.29) is 24.6 Å². The molecule has 0 fully saturated rings. The van der Waals surface area contributed by atoms with Gasteiger partial charge < -0.3 is 15.8 Å². The molecule has 33 heavy (non-hydrogen) atoms. The van der Waals surface area contributed by atoms with Crippen molar-refractivity contribution in [1.82, 2.24) is 24.5 Å². The molecule has 172 valence electrons. The molecule has 0 aliphatic rings. The monoisotopic (exact) mass is 454 g/mol. The van der Waals surface area contributed by atoms with E-state index in [0.717, 1.165) is 11.1 Å². The number of hydrogen-bond donors (Lipinski definition) is 2. The maximum Gasteiger partial charge on any atom is 0.270 e. The van der Waals surface area contributed by atoms with Gasteiger partial charge in [-0.1, -0.05) is 6.07 Å². The summed E-state index contributed by atoms with van der Waals surface area (Å²) in [7, 11) is 1.78. The molecule has 8 nitrogen and oxygen atoms in total. The molecule has 1 atom stereocenters. The fourth-order valence-corrected chi connectivity index (χ4v) is 3.68. The topological polar surface area (TPSA) is 99.5 Å². The van der Waals surface area contributed by atoms with E-state index < -0.39 is 17.7 Å². The van der Waals surface area contributed by atoms with Gasteiger partial charge in [-0.25, -0.2) is 13.8 Å². The second-order valence-electron chi connectivity index (χ2n) is 7.82. The average Bonchev–Trinajstić information content (AvgIpc) is 3.34. The molecule has 1 unspecified atom stereocenters. The summed E-state index contributed by atoms with van der Waals surface area (Å²) in [4.78, 5) is 17.7. The van der Waals surface area contributed by atoms with Gasteiger partial charge >= 0.3 is 0 Å². The Morgan fingerprint density at radius 1 is 1.24 bits per heavy atom. The first-order valence-electron chi connectivity index (χ1n) is 10.3. The van der Waals surface area contributed by atoms with Gasteiger partial charge in [0.05, 0.1) is 23.5 Å². The minimum Gasteiger partial charge on any atom is -0.485 e. The second-order valence-corrected chi connectivity index (χ2v) is 7.82. The Morgan fingerprint density at radius 2 is 1.97 bits per heavy atom. The molecule has 3 aromatic heterocycles. The van der Waals surface area contributed by atoms with E-state index in [4.69, 9.17) is 10.5 Å². The molecule has 0 aliphatic carbocycles. The van der Waals surface area contributed by atoms with Crippen molar-refractivity contribution < 1.29 is 18.3 Å². The molecule has 1 amide bonds. The Morgan fingerprint density at radius 3 is 2.61 bits per heavy atom. The van der Waals surface area contributed by atoms with Crippen molar-refractivity contribution >= 4 is 11.6 Å². The van der Waals surface area contributed by atoms with Gasteiger partial charge in [-0.05, 0) is 37.6 Å². The number of fused-ring (bicyclic) bond motifs is 1. The smallest absolute Gasteiger partial charge is 0.270 e. The number of imidazole rings is 1. The first kappa shape index (κ1) is 22.4. The van der Waals surface area contributed by atoms with Crippen molar-refractivity contribution in [3.05, 3.63) is 82.6 Å². The van der Waals surface area contributed by atoms with Crippen LogP contribution < -0.4 is 15.8 Å². The number of aryl methyl sites for hydroxylation is 3. The highest BCUT2D eigenvalue weighted by atomic mass is 19.1. The van der Waals surface area contributed by atoms with Crippen molar-refractivity contribution in [2.75, 3.05) is 6.54 Å². The van der Waals surface area contributed by atoms with Crippen LogP contribution in [0.15, 0.2) is 42.9 Å². The summed E-state index contributed by atoms with van der Waals surface area (Å²) >= 11 is 0. The molecule has 0 saturated carbocycles. The van der Waals surface area contributed by atoms with Crippen molar-refractivity contribution in [2.45, 2.75) is 26.5 Å². The molecular formula is C23H24F2N6O2. The van der Waals surface area contributed by atoms with Gasteiger partial charge in [0.1, 0.15) is 23.9 Å². The van der Waals surface area contributed by atoms with Crippen molar-refractivity contribution in [3.63, 3.8) is 0 Å². The molecule has 3 heterocycles. The summed E-state index contributed by atoms with van der Waals surface area (Å²) in [6.07, 6.45) is 5.19. The van der Waals surface area contributed by atoms with E-state index in [1.165, 1.54) is 18.2 Å². The highest BCUT2D eigenvalue weighted by Gasteiger charge is 2.23. The fourth-order valence-electron chi connectivity index (χ4n) is 3.68. The number of nitrogens with two attached hydrogens (primary N) is 1. The fraction of sp³-hybridized carbons (Fsp3) is 0.261. The van der Waals surface area contributed by atoms with Gasteiger partial charge in [-0.2, -0.15) is 5.10 Å². The van der Waals surface area contributed by atoms with Gasteiger partial charge in [-0.3, -0.25) is 13.9 Å². The Kier molecular flexibility index (Phi) is 6.10. The van der Waals surface area contributed by atoms with Gasteiger partial charge in [0.25, 0.3) is 5.91 Å². The number of pyridine rings is 1. The molecule has 0 spiro atoms. The minimum absolute atomic E-state index is 0.180. The average molecular weight is 454 g/mol. The Labute approximate surface area is 189 Å². The van der Waals surface area contributed by atoms with E-state index in [9.17, 15) is 13.6 Å². The third-order valence-corrected chi connectivity index (χ3v) is 5.31. The highest BCUT2D eigenvalue weighted by molar-refractivity contribution is 5.95. The van der Waals surface area contributed by atoms with E-state index in [1.807, 2.05) is 6.92 Å². The van der Waals surface area contributed by atoms with Crippen LogP contribution in [-0.2, 0) is 13.7 Å².